The van der Waals surface area contributed by atoms with Crippen molar-refractivity contribution in [3.63, 3.8) is 0 Å². The highest BCUT2D eigenvalue weighted by molar-refractivity contribution is 5.76. The van der Waals surface area contributed by atoms with Crippen LogP contribution in [-0.4, -0.2) is 47.4 Å². The zero-order chi connectivity index (χ0) is 43.7. The predicted molar refractivity (Wildman–Crippen MR) is 259 cm³/mol. The molecule has 1 amide bonds. The molecular weight excluding hydrogens is 743 g/mol. The Morgan fingerprint density at radius 3 is 1.32 bits per heavy atom. The fraction of sp³-hybridized carbons (Fsp3) is 0.815. The Balaban J connectivity index is 3.52. The van der Waals surface area contributed by atoms with Gasteiger partial charge in [-0.25, -0.2) is 0 Å². The minimum absolute atomic E-state index is 0.0310. The Hall–Kier alpha value is -2.18. The number of carbonyl (C=O) groups excluding carboxylic acids is 2. The maximum Gasteiger partial charge on any atom is 0.305 e. The Morgan fingerprint density at radius 1 is 0.467 bits per heavy atom. The highest BCUT2D eigenvalue weighted by Gasteiger charge is 2.20. The molecule has 6 heteroatoms. The van der Waals surface area contributed by atoms with Crippen LogP contribution in [0.5, 0.6) is 0 Å². The lowest BCUT2D eigenvalue weighted by molar-refractivity contribution is -0.143. The smallest absolute Gasteiger partial charge is 0.305 e. The van der Waals surface area contributed by atoms with E-state index >= 15 is 0 Å². The lowest BCUT2D eigenvalue weighted by Crippen LogP contribution is -2.45. The number of nitrogens with one attached hydrogen (secondary N) is 1. The topological polar surface area (TPSA) is 95.9 Å². The number of amides is 1. The number of allylic oxidation sites excluding steroid dienone is 8. The van der Waals surface area contributed by atoms with Crippen LogP contribution in [0, 0.1) is 0 Å². The number of unbranched alkanes of at least 4 members (excludes halogenated alkanes) is 28. The van der Waals surface area contributed by atoms with E-state index in [1.165, 1.54) is 128 Å². The Labute approximate surface area is 372 Å². The van der Waals surface area contributed by atoms with Crippen molar-refractivity contribution in [3.8, 4) is 0 Å². The van der Waals surface area contributed by atoms with Crippen molar-refractivity contribution < 1.29 is 24.5 Å². The second kappa shape index (κ2) is 49.5. The summed E-state index contributed by atoms with van der Waals surface area (Å²) >= 11 is 0. The monoisotopic (exact) mass is 842 g/mol. The molecule has 0 saturated heterocycles. The van der Waals surface area contributed by atoms with Gasteiger partial charge in [-0.05, 0) is 89.9 Å². The number of esters is 1. The fourth-order valence-corrected chi connectivity index (χ4v) is 7.57. The van der Waals surface area contributed by atoms with Crippen molar-refractivity contribution in [2.45, 2.75) is 270 Å². The number of ether oxygens (including phenoxy) is 1. The van der Waals surface area contributed by atoms with Gasteiger partial charge in [0.05, 0.1) is 25.4 Å². The van der Waals surface area contributed by atoms with Gasteiger partial charge in [0.2, 0.25) is 5.91 Å². The molecule has 0 bridgehead atoms. The molecule has 0 saturated carbocycles. The van der Waals surface area contributed by atoms with Crippen LogP contribution >= 0.6 is 0 Å². The van der Waals surface area contributed by atoms with Crippen LogP contribution in [0.3, 0.4) is 0 Å². The Bertz CT molecular complexity index is 1020. The standard InChI is InChI=1S/C54H99NO5/c1-3-5-7-9-11-13-15-17-24-28-32-36-40-44-48-54(59)60-49-45-41-37-33-29-25-22-20-18-19-21-23-27-31-35-39-43-47-53(58)55-51(50-56)52(57)46-42-38-34-30-26-16-14-12-10-8-6-4-2/h9,11,15,17-18,20,25,29,51-52,56-57H,3-8,10,12-14,16,19,21-24,26-28,30-50H2,1-2H3,(H,55,58)/b11-9-,17-15-,20-18-,29-25-. The van der Waals surface area contributed by atoms with Crippen LogP contribution in [0.25, 0.3) is 0 Å². The van der Waals surface area contributed by atoms with Crippen LogP contribution in [0.1, 0.15) is 258 Å². The van der Waals surface area contributed by atoms with Gasteiger partial charge in [-0.3, -0.25) is 9.59 Å². The summed E-state index contributed by atoms with van der Waals surface area (Å²) in [5, 5.41) is 23.1. The normalized spacial score (nSPS) is 13.1. The molecule has 0 radical (unpaired) electrons. The molecule has 0 aliphatic carbocycles. The summed E-state index contributed by atoms with van der Waals surface area (Å²) in [6.45, 7) is 4.84. The predicted octanol–water partition coefficient (Wildman–Crippen LogP) is 15.5. The summed E-state index contributed by atoms with van der Waals surface area (Å²) < 4.78 is 5.43. The molecule has 0 rings (SSSR count). The van der Waals surface area contributed by atoms with E-state index < -0.39 is 12.1 Å². The molecule has 0 fully saturated rings. The quantitative estimate of drug-likeness (QED) is 0.0322. The molecule has 2 unspecified atom stereocenters. The van der Waals surface area contributed by atoms with Gasteiger partial charge < -0.3 is 20.3 Å². The summed E-state index contributed by atoms with van der Waals surface area (Å²) in [7, 11) is 0. The third kappa shape index (κ3) is 45.3. The summed E-state index contributed by atoms with van der Waals surface area (Å²) in [5.41, 5.74) is 0. The van der Waals surface area contributed by atoms with E-state index in [0.717, 1.165) is 96.3 Å². The maximum absolute atomic E-state index is 12.4. The van der Waals surface area contributed by atoms with Crippen LogP contribution in [-0.2, 0) is 14.3 Å². The highest BCUT2D eigenvalue weighted by Crippen LogP contribution is 2.15. The zero-order valence-corrected chi connectivity index (χ0v) is 39.7. The van der Waals surface area contributed by atoms with Crippen molar-refractivity contribution in [2.24, 2.45) is 0 Å². The lowest BCUT2D eigenvalue weighted by Gasteiger charge is -2.22. The van der Waals surface area contributed by atoms with E-state index in [9.17, 15) is 19.8 Å². The third-order valence-corrected chi connectivity index (χ3v) is 11.6. The van der Waals surface area contributed by atoms with E-state index in [-0.39, 0.29) is 18.5 Å². The molecule has 60 heavy (non-hydrogen) atoms. The molecule has 6 nitrogen and oxygen atoms in total. The van der Waals surface area contributed by atoms with Crippen molar-refractivity contribution in [1.29, 1.82) is 0 Å². The van der Waals surface area contributed by atoms with Crippen LogP contribution in [0.2, 0.25) is 0 Å². The van der Waals surface area contributed by atoms with E-state index in [0.29, 0.717) is 25.9 Å². The first-order valence-corrected chi connectivity index (χ1v) is 25.9. The van der Waals surface area contributed by atoms with Gasteiger partial charge in [-0.1, -0.05) is 204 Å². The molecular formula is C54H99NO5. The maximum atomic E-state index is 12.4. The zero-order valence-electron chi connectivity index (χ0n) is 39.7. The minimum Gasteiger partial charge on any atom is -0.466 e. The van der Waals surface area contributed by atoms with Gasteiger partial charge in [0.1, 0.15) is 0 Å². The minimum atomic E-state index is -0.675. The van der Waals surface area contributed by atoms with Crippen molar-refractivity contribution in [3.05, 3.63) is 48.6 Å². The molecule has 2 atom stereocenters. The largest absolute Gasteiger partial charge is 0.466 e. The van der Waals surface area contributed by atoms with E-state index in [1.54, 1.807) is 0 Å². The molecule has 0 aliphatic rings. The first-order chi connectivity index (χ1) is 29.5. The average molecular weight is 842 g/mol. The lowest BCUT2D eigenvalue weighted by atomic mass is 10.0. The third-order valence-electron chi connectivity index (χ3n) is 11.6. The Kier molecular flexibility index (Phi) is 47.7. The first kappa shape index (κ1) is 57.8. The van der Waals surface area contributed by atoms with Gasteiger partial charge in [-0.2, -0.15) is 0 Å². The van der Waals surface area contributed by atoms with Crippen molar-refractivity contribution in [1.82, 2.24) is 5.32 Å². The molecule has 0 aromatic heterocycles. The molecule has 350 valence electrons. The van der Waals surface area contributed by atoms with Crippen molar-refractivity contribution in [2.75, 3.05) is 13.2 Å². The number of rotatable bonds is 47. The number of aliphatic hydroxyl groups is 2. The highest BCUT2D eigenvalue weighted by atomic mass is 16.5. The number of hydrogen-bond acceptors (Lipinski definition) is 5. The number of carbonyl (C=O) groups is 2. The van der Waals surface area contributed by atoms with E-state index in [4.69, 9.17) is 4.74 Å². The van der Waals surface area contributed by atoms with Crippen LogP contribution in [0.4, 0.5) is 0 Å². The SMILES string of the molecule is CCCC/C=C\C/C=C\CCCCCCCC(=O)OCCCCC/C=C\C/C=C\CCCCCCCCCC(=O)NC(CO)C(O)CCCCCCCCCCCCCC. The fourth-order valence-electron chi connectivity index (χ4n) is 7.57. The van der Waals surface area contributed by atoms with Gasteiger partial charge in [0.25, 0.3) is 0 Å². The molecule has 0 aromatic rings. The van der Waals surface area contributed by atoms with E-state index in [2.05, 4.69) is 67.8 Å². The molecule has 0 heterocycles. The molecule has 0 aliphatic heterocycles. The summed E-state index contributed by atoms with van der Waals surface area (Å²) in [4.78, 5) is 24.4. The summed E-state index contributed by atoms with van der Waals surface area (Å²) in [6.07, 6.45) is 60.8. The average Bonchev–Trinajstić information content (AvgIpc) is 3.25. The summed E-state index contributed by atoms with van der Waals surface area (Å²) in [6, 6.07) is -0.553. The van der Waals surface area contributed by atoms with Gasteiger partial charge in [0, 0.05) is 12.8 Å². The van der Waals surface area contributed by atoms with Gasteiger partial charge >= 0.3 is 5.97 Å². The second-order valence-electron chi connectivity index (χ2n) is 17.5. The van der Waals surface area contributed by atoms with Gasteiger partial charge in [0.15, 0.2) is 0 Å². The van der Waals surface area contributed by atoms with E-state index in [1.807, 2.05) is 0 Å². The van der Waals surface area contributed by atoms with Crippen LogP contribution in [0.15, 0.2) is 48.6 Å². The number of aliphatic hydroxyl groups excluding tert-OH is 2. The van der Waals surface area contributed by atoms with Gasteiger partial charge in [-0.15, -0.1) is 0 Å². The second-order valence-corrected chi connectivity index (χ2v) is 17.5. The van der Waals surface area contributed by atoms with Crippen molar-refractivity contribution >= 4 is 11.9 Å². The molecule has 0 aromatic carbocycles. The van der Waals surface area contributed by atoms with Crippen LogP contribution < -0.4 is 5.32 Å². The summed E-state index contributed by atoms with van der Waals surface area (Å²) in [5.74, 6) is -0.0845. The molecule has 0 spiro atoms. The molecule has 3 N–H and O–H groups in total. The number of hydrogen-bond donors (Lipinski definition) is 3. The first-order valence-electron chi connectivity index (χ1n) is 25.9. The Morgan fingerprint density at radius 2 is 0.850 bits per heavy atom.